The lowest BCUT2D eigenvalue weighted by Crippen LogP contribution is -2.05. The van der Waals surface area contributed by atoms with Crippen molar-refractivity contribution in [1.82, 2.24) is 4.98 Å². The highest BCUT2D eigenvalue weighted by atomic mass is 32.2. The van der Waals surface area contributed by atoms with Gasteiger partial charge in [0.2, 0.25) is 0 Å². The zero-order valence-corrected chi connectivity index (χ0v) is 11.5. The predicted molar refractivity (Wildman–Crippen MR) is 75.4 cm³/mol. The van der Waals surface area contributed by atoms with Gasteiger partial charge in [-0.05, 0) is 25.5 Å². The Hall–Kier alpha value is -1.04. The minimum Gasteiger partial charge on any atom is -0.300 e. The third-order valence-electron chi connectivity index (χ3n) is 2.38. The van der Waals surface area contributed by atoms with Gasteiger partial charge in [-0.1, -0.05) is 17.7 Å². The number of aryl methyl sites for hydroxylation is 2. The van der Waals surface area contributed by atoms with E-state index in [1.807, 2.05) is 18.0 Å². The molecule has 0 saturated heterocycles. The fourth-order valence-corrected chi connectivity index (χ4v) is 3.30. The fourth-order valence-electron chi connectivity index (χ4n) is 1.55. The summed E-state index contributed by atoms with van der Waals surface area (Å²) in [5, 5.41) is 0.765. The van der Waals surface area contributed by atoms with Crippen LogP contribution in [0.4, 0.5) is 5.13 Å². The Morgan fingerprint density at radius 1 is 1.41 bits per heavy atom. The molecule has 0 bridgehead atoms. The molecule has 1 aromatic heterocycles. The smallest absolute Gasteiger partial charge is 0.197 e. The van der Waals surface area contributed by atoms with Crippen LogP contribution in [-0.4, -0.2) is 4.98 Å². The average molecular weight is 265 g/mol. The lowest BCUT2D eigenvalue weighted by atomic mass is 10.2. The second-order valence-electron chi connectivity index (χ2n) is 3.83. The van der Waals surface area contributed by atoms with E-state index >= 15 is 0 Å². The van der Waals surface area contributed by atoms with Crippen molar-refractivity contribution in [2.24, 2.45) is 5.84 Å². The van der Waals surface area contributed by atoms with E-state index in [9.17, 15) is 0 Å². The quantitative estimate of drug-likeness (QED) is 0.506. The standard InChI is InChI=1S/C12H15N3S2/c1-8-3-4-11(9(2)5-8)16-7-10-6-14-12(15-13)17-10/h3-6H,7,13H2,1-2H3,(H,14,15). The molecule has 1 heterocycles. The summed E-state index contributed by atoms with van der Waals surface area (Å²) in [6.07, 6.45) is 1.87. The SMILES string of the molecule is Cc1ccc(SCc2cnc(NN)s2)c(C)c1. The molecule has 0 fully saturated rings. The number of hydrogen-bond acceptors (Lipinski definition) is 5. The van der Waals surface area contributed by atoms with Gasteiger partial charge in [-0.15, -0.1) is 23.1 Å². The number of nitrogens with one attached hydrogen (secondary N) is 1. The van der Waals surface area contributed by atoms with Gasteiger partial charge in [0.15, 0.2) is 5.13 Å². The number of benzene rings is 1. The Morgan fingerprint density at radius 3 is 2.88 bits per heavy atom. The number of hydrazine groups is 1. The Kier molecular flexibility index (Phi) is 4.04. The number of nitrogens with zero attached hydrogens (tertiary/aromatic N) is 1. The zero-order valence-electron chi connectivity index (χ0n) is 9.86. The summed E-state index contributed by atoms with van der Waals surface area (Å²) in [6.45, 7) is 4.26. The van der Waals surface area contributed by atoms with Crippen LogP contribution in [-0.2, 0) is 5.75 Å². The summed E-state index contributed by atoms with van der Waals surface area (Å²) >= 11 is 3.43. The topological polar surface area (TPSA) is 50.9 Å². The van der Waals surface area contributed by atoms with Crippen molar-refractivity contribution in [2.75, 3.05) is 5.43 Å². The van der Waals surface area contributed by atoms with Crippen LogP contribution in [0.3, 0.4) is 0 Å². The summed E-state index contributed by atoms with van der Waals surface area (Å²) in [5.41, 5.74) is 5.20. The summed E-state index contributed by atoms with van der Waals surface area (Å²) in [5.74, 6) is 6.24. The van der Waals surface area contributed by atoms with E-state index in [-0.39, 0.29) is 0 Å². The number of nitrogen functional groups attached to an aromatic ring is 1. The van der Waals surface area contributed by atoms with Crippen LogP contribution in [0.2, 0.25) is 0 Å². The molecule has 2 rings (SSSR count). The molecule has 2 aromatic rings. The van der Waals surface area contributed by atoms with Gasteiger partial charge in [0.1, 0.15) is 0 Å². The summed E-state index contributed by atoms with van der Waals surface area (Å²) in [7, 11) is 0. The molecule has 0 atom stereocenters. The van der Waals surface area contributed by atoms with Gasteiger partial charge in [-0.25, -0.2) is 10.8 Å². The van der Waals surface area contributed by atoms with Crippen molar-refractivity contribution < 1.29 is 0 Å². The van der Waals surface area contributed by atoms with Crippen molar-refractivity contribution in [3.05, 3.63) is 40.4 Å². The second kappa shape index (κ2) is 5.53. The molecule has 3 nitrogen and oxygen atoms in total. The van der Waals surface area contributed by atoms with Crippen LogP contribution >= 0.6 is 23.1 Å². The second-order valence-corrected chi connectivity index (χ2v) is 5.97. The van der Waals surface area contributed by atoms with Crippen LogP contribution in [0.5, 0.6) is 0 Å². The van der Waals surface area contributed by atoms with Crippen molar-refractivity contribution in [1.29, 1.82) is 0 Å². The van der Waals surface area contributed by atoms with E-state index in [1.54, 1.807) is 11.3 Å². The number of nitrogens with two attached hydrogens (primary N) is 1. The van der Waals surface area contributed by atoms with E-state index in [1.165, 1.54) is 20.9 Å². The van der Waals surface area contributed by atoms with Gasteiger partial charge in [0, 0.05) is 21.7 Å². The molecule has 17 heavy (non-hydrogen) atoms. The van der Waals surface area contributed by atoms with Crippen LogP contribution < -0.4 is 11.3 Å². The molecule has 0 aliphatic rings. The molecule has 0 aliphatic heterocycles. The highest BCUT2D eigenvalue weighted by Gasteiger charge is 2.03. The first-order valence-electron chi connectivity index (χ1n) is 5.30. The summed E-state index contributed by atoms with van der Waals surface area (Å²) in [6, 6.07) is 6.54. The number of hydrogen-bond donors (Lipinski definition) is 2. The molecule has 0 aliphatic carbocycles. The molecule has 0 unspecified atom stereocenters. The van der Waals surface area contributed by atoms with Gasteiger partial charge in [-0.2, -0.15) is 0 Å². The Morgan fingerprint density at radius 2 is 2.24 bits per heavy atom. The van der Waals surface area contributed by atoms with E-state index in [0.717, 1.165) is 10.9 Å². The summed E-state index contributed by atoms with van der Waals surface area (Å²) < 4.78 is 0. The van der Waals surface area contributed by atoms with Crippen LogP contribution in [0.1, 0.15) is 16.0 Å². The van der Waals surface area contributed by atoms with Crippen LogP contribution in [0.15, 0.2) is 29.3 Å². The molecule has 0 amide bonds. The first kappa shape index (κ1) is 12.4. The number of anilines is 1. The van der Waals surface area contributed by atoms with Gasteiger partial charge in [0.25, 0.3) is 0 Å². The molecule has 90 valence electrons. The maximum Gasteiger partial charge on any atom is 0.197 e. The van der Waals surface area contributed by atoms with Gasteiger partial charge < -0.3 is 0 Å². The number of thioether (sulfide) groups is 1. The third-order valence-corrected chi connectivity index (χ3v) is 4.71. The highest BCUT2D eigenvalue weighted by Crippen LogP contribution is 2.29. The van der Waals surface area contributed by atoms with Crippen molar-refractivity contribution in [2.45, 2.75) is 24.5 Å². The molecule has 3 N–H and O–H groups in total. The zero-order chi connectivity index (χ0) is 12.3. The molecule has 0 radical (unpaired) electrons. The van der Waals surface area contributed by atoms with E-state index in [0.29, 0.717) is 0 Å². The summed E-state index contributed by atoms with van der Waals surface area (Å²) in [4.78, 5) is 6.70. The Labute approximate surface area is 109 Å². The minimum absolute atomic E-state index is 0.765. The maximum atomic E-state index is 5.30. The Balaban J connectivity index is 2.02. The van der Waals surface area contributed by atoms with Gasteiger partial charge >= 0.3 is 0 Å². The van der Waals surface area contributed by atoms with Crippen LogP contribution in [0.25, 0.3) is 0 Å². The molecular formula is C12H15N3S2. The first-order valence-corrected chi connectivity index (χ1v) is 7.10. The van der Waals surface area contributed by atoms with E-state index in [4.69, 9.17) is 5.84 Å². The third kappa shape index (κ3) is 3.21. The Bertz CT molecular complexity index is 508. The van der Waals surface area contributed by atoms with E-state index in [2.05, 4.69) is 42.5 Å². The molecule has 1 aromatic carbocycles. The number of aromatic nitrogens is 1. The average Bonchev–Trinajstić information content (AvgIpc) is 2.76. The predicted octanol–water partition coefficient (Wildman–Crippen LogP) is 3.34. The van der Waals surface area contributed by atoms with Crippen molar-refractivity contribution >= 4 is 28.2 Å². The molecule has 5 heteroatoms. The molecular weight excluding hydrogens is 250 g/mol. The normalized spacial score (nSPS) is 10.5. The number of rotatable bonds is 4. The lowest BCUT2D eigenvalue weighted by molar-refractivity contribution is 1.25. The maximum absolute atomic E-state index is 5.30. The lowest BCUT2D eigenvalue weighted by Gasteiger charge is -2.05. The van der Waals surface area contributed by atoms with Gasteiger partial charge in [0.05, 0.1) is 0 Å². The monoisotopic (exact) mass is 265 g/mol. The molecule has 0 spiro atoms. The number of thiazole rings is 1. The van der Waals surface area contributed by atoms with Crippen LogP contribution in [0, 0.1) is 13.8 Å². The fraction of sp³-hybridized carbons (Fsp3) is 0.250. The highest BCUT2D eigenvalue weighted by molar-refractivity contribution is 7.98. The molecule has 0 saturated carbocycles. The van der Waals surface area contributed by atoms with Crippen molar-refractivity contribution in [3.8, 4) is 0 Å². The first-order chi connectivity index (χ1) is 8.19. The van der Waals surface area contributed by atoms with Crippen molar-refractivity contribution in [3.63, 3.8) is 0 Å². The van der Waals surface area contributed by atoms with E-state index < -0.39 is 0 Å². The van der Waals surface area contributed by atoms with Gasteiger partial charge in [-0.3, -0.25) is 5.43 Å². The largest absolute Gasteiger partial charge is 0.300 e. The minimum atomic E-state index is 0.765.